The van der Waals surface area contributed by atoms with Crippen LogP contribution in [0.25, 0.3) is 11.1 Å². The molecule has 3 aromatic carbocycles. The summed E-state index contributed by atoms with van der Waals surface area (Å²) in [5, 5.41) is 0. The standard InChI is InChI=1S/C24H21F3N2O2/c1-15-22(29-23(30-15)21-5-3-2-4-19(21)14-28)18-8-6-16(7-9-18)17-10-12-20(13-11-17)31-24(25,26)27/h2-13,15,22H,14,28H2,1H3/t15-,22-/m0/s1. The lowest BCUT2D eigenvalue weighted by Gasteiger charge is -2.14. The number of benzene rings is 3. The molecule has 4 rings (SSSR count). The molecule has 2 N–H and O–H groups in total. The van der Waals surface area contributed by atoms with Gasteiger partial charge in [-0.05, 0) is 47.4 Å². The van der Waals surface area contributed by atoms with Crippen molar-refractivity contribution in [2.75, 3.05) is 0 Å². The van der Waals surface area contributed by atoms with Gasteiger partial charge in [0.25, 0.3) is 0 Å². The number of nitrogens with two attached hydrogens (primary N) is 1. The van der Waals surface area contributed by atoms with Crippen LogP contribution in [0.1, 0.15) is 29.7 Å². The number of alkyl halides is 3. The normalized spacial score (nSPS) is 18.4. The fraction of sp³-hybridized carbons (Fsp3) is 0.208. The summed E-state index contributed by atoms with van der Waals surface area (Å²) in [6.07, 6.45) is -4.83. The van der Waals surface area contributed by atoms with Gasteiger partial charge >= 0.3 is 6.36 Å². The molecule has 0 aromatic heterocycles. The molecular weight excluding hydrogens is 405 g/mol. The van der Waals surface area contributed by atoms with Crippen LogP contribution < -0.4 is 10.5 Å². The van der Waals surface area contributed by atoms with E-state index in [0.717, 1.165) is 27.8 Å². The smallest absolute Gasteiger partial charge is 0.472 e. The minimum Gasteiger partial charge on any atom is -0.472 e. The Balaban J connectivity index is 1.53. The molecule has 3 aromatic rings. The van der Waals surface area contributed by atoms with Crippen LogP contribution >= 0.6 is 0 Å². The second-order valence-corrected chi connectivity index (χ2v) is 7.26. The van der Waals surface area contributed by atoms with E-state index in [9.17, 15) is 13.2 Å². The monoisotopic (exact) mass is 426 g/mol. The van der Waals surface area contributed by atoms with E-state index in [2.05, 4.69) is 4.74 Å². The van der Waals surface area contributed by atoms with E-state index < -0.39 is 6.36 Å². The predicted molar refractivity (Wildman–Crippen MR) is 113 cm³/mol. The lowest BCUT2D eigenvalue weighted by Crippen LogP contribution is -2.16. The van der Waals surface area contributed by atoms with Crippen molar-refractivity contribution in [2.45, 2.75) is 32.0 Å². The van der Waals surface area contributed by atoms with Gasteiger partial charge in [-0.15, -0.1) is 13.2 Å². The van der Waals surface area contributed by atoms with Crippen LogP contribution in [-0.2, 0) is 11.3 Å². The summed E-state index contributed by atoms with van der Waals surface area (Å²) < 4.78 is 46.9. The van der Waals surface area contributed by atoms with Gasteiger partial charge in [0.15, 0.2) is 0 Å². The van der Waals surface area contributed by atoms with Gasteiger partial charge in [0.05, 0.1) is 0 Å². The minimum atomic E-state index is -4.70. The molecule has 0 saturated carbocycles. The molecule has 0 unspecified atom stereocenters. The maximum Gasteiger partial charge on any atom is 0.573 e. The van der Waals surface area contributed by atoms with Gasteiger partial charge < -0.3 is 15.2 Å². The van der Waals surface area contributed by atoms with E-state index in [4.69, 9.17) is 15.5 Å². The minimum absolute atomic E-state index is 0.134. The molecule has 0 radical (unpaired) electrons. The van der Waals surface area contributed by atoms with Crippen molar-refractivity contribution in [2.24, 2.45) is 10.7 Å². The Morgan fingerprint density at radius 3 is 2.16 bits per heavy atom. The summed E-state index contributed by atoms with van der Waals surface area (Å²) in [6.45, 7) is 2.37. The number of aliphatic imine (C=N–C) groups is 1. The largest absolute Gasteiger partial charge is 0.573 e. The van der Waals surface area contributed by atoms with Crippen molar-refractivity contribution in [1.29, 1.82) is 0 Å². The summed E-state index contributed by atoms with van der Waals surface area (Å²) in [5.41, 5.74) is 10.4. The van der Waals surface area contributed by atoms with Crippen LogP contribution in [0.5, 0.6) is 5.75 Å². The number of halogens is 3. The molecule has 7 heteroatoms. The van der Waals surface area contributed by atoms with E-state index in [1.807, 2.05) is 55.5 Å². The van der Waals surface area contributed by atoms with Crippen LogP contribution in [-0.4, -0.2) is 18.4 Å². The SMILES string of the molecule is C[C@@H]1OC(c2ccccc2CN)=N[C@@H]1c1ccc(-c2ccc(OC(F)(F)F)cc2)cc1. The maximum atomic E-state index is 12.3. The third-order valence-corrected chi connectivity index (χ3v) is 5.14. The zero-order valence-corrected chi connectivity index (χ0v) is 16.8. The van der Waals surface area contributed by atoms with Crippen molar-refractivity contribution < 1.29 is 22.6 Å². The zero-order valence-electron chi connectivity index (χ0n) is 16.8. The van der Waals surface area contributed by atoms with E-state index in [1.54, 1.807) is 12.1 Å². The average Bonchev–Trinajstić information content (AvgIpc) is 3.15. The highest BCUT2D eigenvalue weighted by Gasteiger charge is 2.31. The molecule has 4 nitrogen and oxygen atoms in total. The first-order valence-electron chi connectivity index (χ1n) is 9.83. The van der Waals surface area contributed by atoms with Crippen molar-refractivity contribution in [3.63, 3.8) is 0 Å². The molecule has 0 aliphatic carbocycles. The number of hydrogen-bond donors (Lipinski definition) is 1. The van der Waals surface area contributed by atoms with E-state index >= 15 is 0 Å². The second-order valence-electron chi connectivity index (χ2n) is 7.26. The van der Waals surface area contributed by atoms with E-state index in [0.29, 0.717) is 12.4 Å². The van der Waals surface area contributed by atoms with Crippen molar-refractivity contribution in [3.8, 4) is 16.9 Å². The molecule has 0 spiro atoms. The molecule has 160 valence electrons. The Hall–Kier alpha value is -3.32. The van der Waals surface area contributed by atoms with E-state index in [1.165, 1.54) is 12.1 Å². The summed E-state index contributed by atoms with van der Waals surface area (Å²) in [7, 11) is 0. The van der Waals surface area contributed by atoms with E-state index in [-0.39, 0.29) is 17.9 Å². The number of ether oxygens (including phenoxy) is 2. The summed E-state index contributed by atoms with van der Waals surface area (Å²) in [6, 6.07) is 21.2. The van der Waals surface area contributed by atoms with Crippen LogP contribution in [0.4, 0.5) is 13.2 Å². The highest BCUT2D eigenvalue weighted by Crippen LogP contribution is 2.33. The topological polar surface area (TPSA) is 56.8 Å². The third-order valence-electron chi connectivity index (χ3n) is 5.14. The molecule has 0 saturated heterocycles. The fourth-order valence-electron chi connectivity index (χ4n) is 3.61. The molecule has 2 atom stereocenters. The molecule has 1 aliphatic heterocycles. The van der Waals surface area contributed by atoms with Gasteiger partial charge in [-0.1, -0.05) is 54.6 Å². The van der Waals surface area contributed by atoms with Crippen molar-refractivity contribution >= 4 is 5.90 Å². The second kappa shape index (κ2) is 8.43. The first-order chi connectivity index (χ1) is 14.8. The van der Waals surface area contributed by atoms with Crippen LogP contribution in [0.2, 0.25) is 0 Å². The molecule has 1 aliphatic rings. The Bertz CT molecular complexity index is 1080. The van der Waals surface area contributed by atoms with Crippen LogP contribution in [0.15, 0.2) is 77.8 Å². The van der Waals surface area contributed by atoms with Gasteiger partial charge in [-0.3, -0.25) is 0 Å². The highest BCUT2D eigenvalue weighted by molar-refractivity contribution is 5.96. The lowest BCUT2D eigenvalue weighted by atomic mass is 9.99. The zero-order chi connectivity index (χ0) is 22.0. The van der Waals surface area contributed by atoms with Gasteiger partial charge in [0, 0.05) is 12.1 Å². The third kappa shape index (κ3) is 4.72. The van der Waals surface area contributed by atoms with Gasteiger partial charge in [0.1, 0.15) is 17.9 Å². The molecule has 0 amide bonds. The predicted octanol–water partition coefficient (Wildman–Crippen LogP) is 5.62. The number of nitrogens with zero attached hydrogens (tertiary/aromatic N) is 1. The molecule has 1 heterocycles. The van der Waals surface area contributed by atoms with Crippen molar-refractivity contribution in [3.05, 3.63) is 89.5 Å². The quantitative estimate of drug-likeness (QED) is 0.576. The Kier molecular flexibility index (Phi) is 5.69. The molecule has 31 heavy (non-hydrogen) atoms. The average molecular weight is 426 g/mol. The first-order valence-corrected chi connectivity index (χ1v) is 9.83. The number of rotatable bonds is 5. The molecule has 0 fully saturated rings. The van der Waals surface area contributed by atoms with Gasteiger partial charge in [-0.2, -0.15) is 0 Å². The molecular formula is C24H21F3N2O2. The van der Waals surface area contributed by atoms with Crippen LogP contribution in [0, 0.1) is 0 Å². The van der Waals surface area contributed by atoms with Gasteiger partial charge in [-0.25, -0.2) is 4.99 Å². The Labute approximate surface area is 178 Å². The summed E-state index contributed by atoms with van der Waals surface area (Å²) >= 11 is 0. The maximum absolute atomic E-state index is 12.3. The Morgan fingerprint density at radius 1 is 0.935 bits per heavy atom. The Morgan fingerprint density at radius 2 is 1.55 bits per heavy atom. The highest BCUT2D eigenvalue weighted by atomic mass is 19.4. The fourth-order valence-corrected chi connectivity index (χ4v) is 3.61. The van der Waals surface area contributed by atoms with Crippen molar-refractivity contribution in [1.82, 2.24) is 0 Å². The van der Waals surface area contributed by atoms with Gasteiger partial charge in [0.2, 0.25) is 5.90 Å². The lowest BCUT2D eigenvalue weighted by molar-refractivity contribution is -0.274. The number of hydrogen-bond acceptors (Lipinski definition) is 4. The summed E-state index contributed by atoms with van der Waals surface area (Å²) in [4.78, 5) is 4.78. The molecule has 0 bridgehead atoms. The summed E-state index contributed by atoms with van der Waals surface area (Å²) in [5.74, 6) is 0.340. The first kappa shape index (κ1) is 20.9. The van der Waals surface area contributed by atoms with Crippen LogP contribution in [0.3, 0.4) is 0 Å².